The highest BCUT2D eigenvalue weighted by molar-refractivity contribution is 7.92. The lowest BCUT2D eigenvalue weighted by Crippen LogP contribution is -2.41. The molecule has 3 rings (SSSR count). The Balaban J connectivity index is 1.73. The number of amides is 1. The molecule has 2 aromatic rings. The molecule has 0 bridgehead atoms. The molecule has 0 radical (unpaired) electrons. The first-order valence-corrected chi connectivity index (χ1v) is 10.9. The normalized spacial score (nSPS) is 13.8. The number of ether oxygens (including phenoxy) is 2. The molecule has 0 saturated heterocycles. The van der Waals surface area contributed by atoms with Gasteiger partial charge in [0.15, 0.2) is 11.5 Å². The van der Waals surface area contributed by atoms with Gasteiger partial charge in [-0.3, -0.25) is 9.10 Å². The van der Waals surface area contributed by atoms with E-state index in [2.05, 4.69) is 12.2 Å². The fourth-order valence-electron chi connectivity index (χ4n) is 2.98. The maximum Gasteiger partial charge on any atom is 0.241 e. The summed E-state index contributed by atoms with van der Waals surface area (Å²) in [5.74, 6) is 0.608. The van der Waals surface area contributed by atoms with E-state index < -0.39 is 15.9 Å². The van der Waals surface area contributed by atoms with E-state index in [1.54, 1.807) is 18.2 Å². The summed E-state index contributed by atoms with van der Waals surface area (Å²) in [6.07, 6.45) is 2.01. The number of sulfonamides is 1. The number of aryl methyl sites for hydroxylation is 1. The zero-order valence-corrected chi connectivity index (χ0v) is 17.0. The summed E-state index contributed by atoms with van der Waals surface area (Å²) in [6.45, 7) is 3.71. The zero-order valence-electron chi connectivity index (χ0n) is 16.1. The highest BCUT2D eigenvalue weighted by atomic mass is 32.2. The van der Waals surface area contributed by atoms with Crippen LogP contribution in [-0.4, -0.2) is 33.9 Å². The first kappa shape index (κ1) is 20.0. The van der Waals surface area contributed by atoms with Gasteiger partial charge in [0.25, 0.3) is 0 Å². The van der Waals surface area contributed by atoms with Crippen LogP contribution in [-0.2, 0) is 21.2 Å². The third-order valence-corrected chi connectivity index (χ3v) is 5.74. The fraction of sp³-hybridized carbons (Fsp3) is 0.350. The van der Waals surface area contributed by atoms with Crippen LogP contribution in [0.15, 0.2) is 42.5 Å². The van der Waals surface area contributed by atoms with Crippen LogP contribution in [0.4, 0.5) is 5.69 Å². The Morgan fingerprint density at radius 3 is 2.46 bits per heavy atom. The van der Waals surface area contributed by atoms with Crippen molar-refractivity contribution in [3.63, 3.8) is 0 Å². The van der Waals surface area contributed by atoms with Crippen molar-refractivity contribution in [1.29, 1.82) is 0 Å². The molecule has 28 heavy (non-hydrogen) atoms. The average Bonchev–Trinajstić information content (AvgIpc) is 3.13. The Morgan fingerprint density at radius 1 is 1.14 bits per heavy atom. The molecule has 0 spiro atoms. The number of nitrogens with zero attached hydrogens (tertiary/aromatic N) is 1. The lowest BCUT2D eigenvalue weighted by atomic mass is 10.1. The second-order valence-electron chi connectivity index (χ2n) is 6.69. The van der Waals surface area contributed by atoms with E-state index in [-0.39, 0.29) is 19.4 Å². The van der Waals surface area contributed by atoms with E-state index in [1.165, 1.54) is 5.56 Å². The molecule has 7 nitrogen and oxygen atoms in total. The van der Waals surface area contributed by atoms with Crippen LogP contribution in [0.3, 0.4) is 0 Å². The molecule has 0 aromatic heterocycles. The van der Waals surface area contributed by atoms with Gasteiger partial charge in [-0.25, -0.2) is 8.42 Å². The molecule has 0 unspecified atom stereocenters. The fourth-order valence-corrected chi connectivity index (χ4v) is 3.83. The highest BCUT2D eigenvalue weighted by Crippen LogP contribution is 2.36. The van der Waals surface area contributed by atoms with Gasteiger partial charge >= 0.3 is 0 Å². The quantitative estimate of drug-likeness (QED) is 0.767. The van der Waals surface area contributed by atoms with Gasteiger partial charge in [-0.2, -0.15) is 0 Å². The van der Waals surface area contributed by atoms with Crippen LogP contribution in [0.1, 0.15) is 31.0 Å². The minimum atomic E-state index is -3.66. The van der Waals surface area contributed by atoms with Crippen molar-refractivity contribution in [1.82, 2.24) is 5.32 Å². The van der Waals surface area contributed by atoms with Crippen LogP contribution in [0.2, 0.25) is 0 Å². The molecule has 0 aliphatic carbocycles. The predicted octanol–water partition coefficient (Wildman–Crippen LogP) is 2.62. The molecule has 1 aliphatic heterocycles. The maximum absolute atomic E-state index is 12.5. The molecule has 1 atom stereocenters. The van der Waals surface area contributed by atoms with Crippen molar-refractivity contribution in [3.05, 3.63) is 53.6 Å². The van der Waals surface area contributed by atoms with Crippen LogP contribution in [0, 0.1) is 0 Å². The number of carbonyl (C=O) groups is 1. The van der Waals surface area contributed by atoms with Gasteiger partial charge in [0.05, 0.1) is 18.0 Å². The molecule has 8 heteroatoms. The molecular formula is C20H24N2O5S. The average molecular weight is 404 g/mol. The van der Waals surface area contributed by atoms with E-state index in [1.807, 2.05) is 31.2 Å². The Morgan fingerprint density at radius 2 is 1.82 bits per heavy atom. The summed E-state index contributed by atoms with van der Waals surface area (Å²) in [6, 6.07) is 12.5. The molecule has 2 aromatic carbocycles. The second kappa shape index (κ2) is 8.10. The Hall–Kier alpha value is -2.74. The van der Waals surface area contributed by atoms with Crippen LogP contribution < -0.4 is 19.1 Å². The molecule has 0 fully saturated rings. The Labute approximate surface area is 165 Å². The smallest absolute Gasteiger partial charge is 0.241 e. The van der Waals surface area contributed by atoms with Crippen LogP contribution in [0.5, 0.6) is 11.5 Å². The summed E-state index contributed by atoms with van der Waals surface area (Å²) in [5, 5.41) is 2.86. The topological polar surface area (TPSA) is 84.9 Å². The van der Waals surface area contributed by atoms with Crippen LogP contribution in [0.25, 0.3) is 0 Å². The summed E-state index contributed by atoms with van der Waals surface area (Å²) in [4.78, 5) is 12.5. The van der Waals surface area contributed by atoms with Gasteiger partial charge in [0.1, 0.15) is 6.54 Å². The number of benzene rings is 2. The largest absolute Gasteiger partial charge is 0.454 e. The Kier molecular flexibility index (Phi) is 5.79. The van der Waals surface area contributed by atoms with Crippen molar-refractivity contribution in [2.24, 2.45) is 0 Å². The lowest BCUT2D eigenvalue weighted by molar-refractivity contribution is -0.120. The molecular weight excluding hydrogens is 380 g/mol. The summed E-state index contributed by atoms with van der Waals surface area (Å²) in [5.41, 5.74) is 2.52. The number of rotatable bonds is 7. The van der Waals surface area contributed by atoms with Gasteiger partial charge in [-0.1, -0.05) is 31.2 Å². The number of nitrogens with one attached hydrogen (secondary N) is 1. The molecule has 1 aliphatic rings. The number of fused-ring (bicyclic) bond motifs is 1. The second-order valence-corrected chi connectivity index (χ2v) is 8.60. The molecule has 1 amide bonds. The predicted molar refractivity (Wildman–Crippen MR) is 107 cm³/mol. The zero-order chi connectivity index (χ0) is 20.3. The standard InChI is InChI=1S/C20H24N2O5S/c1-4-15-5-7-16(8-6-15)14(2)21-20(23)12-22(28(3,24)25)17-9-10-18-19(11-17)27-13-26-18/h5-11,14H,4,12-13H2,1-3H3,(H,21,23)/t14-/m0/s1. The lowest BCUT2D eigenvalue weighted by Gasteiger charge is -2.23. The first-order chi connectivity index (χ1) is 13.3. The molecule has 150 valence electrons. The van der Waals surface area contributed by atoms with Crippen molar-refractivity contribution in [2.45, 2.75) is 26.3 Å². The van der Waals surface area contributed by atoms with Crippen molar-refractivity contribution in [3.8, 4) is 11.5 Å². The highest BCUT2D eigenvalue weighted by Gasteiger charge is 2.24. The van der Waals surface area contributed by atoms with E-state index in [0.717, 1.165) is 22.5 Å². The summed E-state index contributed by atoms with van der Waals surface area (Å²) in [7, 11) is -3.66. The van der Waals surface area contributed by atoms with Crippen molar-refractivity contribution in [2.75, 3.05) is 23.9 Å². The Bertz CT molecular complexity index is 957. The van der Waals surface area contributed by atoms with Crippen LogP contribution >= 0.6 is 0 Å². The number of hydrogen-bond donors (Lipinski definition) is 1. The van der Waals surface area contributed by atoms with Gasteiger partial charge < -0.3 is 14.8 Å². The first-order valence-electron chi connectivity index (χ1n) is 9.03. The molecule has 0 saturated carbocycles. The third kappa shape index (κ3) is 4.56. The monoisotopic (exact) mass is 404 g/mol. The number of carbonyl (C=O) groups excluding carboxylic acids is 1. The van der Waals surface area contributed by atoms with Crippen molar-refractivity contribution < 1.29 is 22.7 Å². The van der Waals surface area contributed by atoms with E-state index in [4.69, 9.17) is 9.47 Å². The summed E-state index contributed by atoms with van der Waals surface area (Å²) < 4.78 is 36.1. The van der Waals surface area contributed by atoms with Crippen molar-refractivity contribution >= 4 is 21.6 Å². The number of anilines is 1. The maximum atomic E-state index is 12.5. The number of hydrogen-bond acceptors (Lipinski definition) is 5. The summed E-state index contributed by atoms with van der Waals surface area (Å²) >= 11 is 0. The minimum absolute atomic E-state index is 0.0898. The van der Waals surface area contributed by atoms with Gasteiger partial charge in [-0.15, -0.1) is 0 Å². The minimum Gasteiger partial charge on any atom is -0.454 e. The van der Waals surface area contributed by atoms with Gasteiger partial charge in [0.2, 0.25) is 22.7 Å². The van der Waals surface area contributed by atoms with E-state index in [9.17, 15) is 13.2 Å². The molecule has 1 N–H and O–H groups in total. The van der Waals surface area contributed by atoms with Gasteiger partial charge in [0, 0.05) is 6.07 Å². The molecule has 1 heterocycles. The van der Waals surface area contributed by atoms with E-state index >= 15 is 0 Å². The SMILES string of the molecule is CCc1ccc([C@H](C)NC(=O)CN(c2ccc3c(c2)OCO3)S(C)(=O)=O)cc1. The van der Waals surface area contributed by atoms with E-state index in [0.29, 0.717) is 17.2 Å². The third-order valence-electron chi connectivity index (χ3n) is 4.60. The van der Waals surface area contributed by atoms with Gasteiger partial charge in [-0.05, 0) is 36.6 Å².